The van der Waals surface area contributed by atoms with E-state index in [0.29, 0.717) is 11.9 Å². The Morgan fingerprint density at radius 2 is 1.92 bits per heavy atom. The van der Waals surface area contributed by atoms with Gasteiger partial charge in [0.1, 0.15) is 5.82 Å². The molecule has 3 N–H and O–H groups in total. The Bertz CT molecular complexity index is 817. The van der Waals surface area contributed by atoms with E-state index in [-0.39, 0.29) is 5.95 Å². The van der Waals surface area contributed by atoms with Gasteiger partial charge in [-0.05, 0) is 31.0 Å². The van der Waals surface area contributed by atoms with Crippen LogP contribution in [0.3, 0.4) is 0 Å². The van der Waals surface area contributed by atoms with Gasteiger partial charge in [-0.15, -0.1) is 0 Å². The third-order valence-electron chi connectivity index (χ3n) is 4.35. The van der Waals surface area contributed by atoms with Crippen LogP contribution in [0.1, 0.15) is 12.8 Å². The minimum atomic E-state index is 0.265. The number of benzene rings is 1. The van der Waals surface area contributed by atoms with Crippen LogP contribution >= 0.6 is 0 Å². The molecule has 0 aliphatic carbocycles. The van der Waals surface area contributed by atoms with Gasteiger partial charge in [-0.1, -0.05) is 18.2 Å². The highest BCUT2D eigenvalue weighted by molar-refractivity contribution is 5.49. The predicted molar refractivity (Wildman–Crippen MR) is 98.9 cm³/mol. The Kier molecular flexibility index (Phi) is 4.20. The van der Waals surface area contributed by atoms with Crippen LogP contribution in [0, 0.1) is 0 Å². The Morgan fingerprint density at radius 1 is 1.08 bits per heavy atom. The molecule has 0 saturated carbocycles. The average molecular weight is 335 g/mol. The van der Waals surface area contributed by atoms with E-state index in [4.69, 9.17) is 5.73 Å². The second-order valence-corrected chi connectivity index (χ2v) is 6.19. The zero-order chi connectivity index (χ0) is 17.1. The number of anilines is 3. The molecule has 0 spiro atoms. The largest absolute Gasteiger partial charge is 0.381 e. The van der Waals surface area contributed by atoms with Gasteiger partial charge in [-0.3, -0.25) is 0 Å². The molecule has 1 fully saturated rings. The maximum atomic E-state index is 5.92. The Hall–Kier alpha value is -3.09. The standard InChI is InChI=1S/C18H21N7/c19-18-22-16(12-17(23-18)25-11-5-9-20-25)24-10-4-8-15(13-24)21-14-6-2-1-3-7-14/h1-3,5-7,9,11-12,15,21H,4,8,10,13H2,(H2,19,22,23). The van der Waals surface area contributed by atoms with Crippen LogP contribution in [0.2, 0.25) is 0 Å². The molecular weight excluding hydrogens is 314 g/mol. The van der Waals surface area contributed by atoms with Crippen molar-refractivity contribution in [2.24, 2.45) is 0 Å². The van der Waals surface area contributed by atoms with E-state index in [9.17, 15) is 0 Å². The molecule has 1 aromatic carbocycles. The molecule has 2 aromatic heterocycles. The van der Waals surface area contributed by atoms with Crippen LogP contribution < -0.4 is 16.0 Å². The summed E-state index contributed by atoms with van der Waals surface area (Å²) in [7, 11) is 0. The van der Waals surface area contributed by atoms with Gasteiger partial charge >= 0.3 is 0 Å². The lowest BCUT2D eigenvalue weighted by molar-refractivity contribution is 0.526. The SMILES string of the molecule is Nc1nc(N2CCCC(Nc3ccccc3)C2)cc(-n2cccn2)n1. The van der Waals surface area contributed by atoms with Gasteiger partial charge < -0.3 is 16.0 Å². The van der Waals surface area contributed by atoms with Crippen molar-refractivity contribution in [3.05, 3.63) is 54.9 Å². The zero-order valence-corrected chi connectivity index (χ0v) is 13.9. The molecule has 1 aliphatic heterocycles. The van der Waals surface area contributed by atoms with Crippen LogP contribution in [-0.4, -0.2) is 38.9 Å². The third-order valence-corrected chi connectivity index (χ3v) is 4.35. The van der Waals surface area contributed by atoms with Crippen LogP contribution in [0.4, 0.5) is 17.5 Å². The lowest BCUT2D eigenvalue weighted by atomic mass is 10.1. The summed E-state index contributed by atoms with van der Waals surface area (Å²) in [6, 6.07) is 14.5. The monoisotopic (exact) mass is 335 g/mol. The van der Waals surface area contributed by atoms with Crippen LogP contribution in [0.15, 0.2) is 54.9 Å². The van der Waals surface area contributed by atoms with Crippen molar-refractivity contribution in [3.8, 4) is 5.82 Å². The lowest BCUT2D eigenvalue weighted by Crippen LogP contribution is -2.42. The van der Waals surface area contributed by atoms with Crippen molar-refractivity contribution in [1.82, 2.24) is 19.7 Å². The van der Waals surface area contributed by atoms with E-state index < -0.39 is 0 Å². The van der Waals surface area contributed by atoms with Gasteiger partial charge in [0, 0.05) is 43.3 Å². The number of nitrogens with zero attached hydrogens (tertiary/aromatic N) is 5. The van der Waals surface area contributed by atoms with Crippen molar-refractivity contribution in [2.45, 2.75) is 18.9 Å². The van der Waals surface area contributed by atoms with E-state index in [1.54, 1.807) is 10.9 Å². The Morgan fingerprint density at radius 3 is 2.72 bits per heavy atom. The van der Waals surface area contributed by atoms with E-state index in [2.05, 4.69) is 37.4 Å². The van der Waals surface area contributed by atoms with Crippen molar-refractivity contribution < 1.29 is 0 Å². The lowest BCUT2D eigenvalue weighted by Gasteiger charge is -2.34. The van der Waals surface area contributed by atoms with Crippen molar-refractivity contribution in [2.75, 3.05) is 29.0 Å². The highest BCUT2D eigenvalue weighted by atomic mass is 15.3. The molecule has 1 saturated heterocycles. The van der Waals surface area contributed by atoms with Crippen molar-refractivity contribution in [1.29, 1.82) is 0 Å². The fourth-order valence-corrected chi connectivity index (χ4v) is 3.20. The molecule has 1 atom stereocenters. The summed E-state index contributed by atoms with van der Waals surface area (Å²) < 4.78 is 1.70. The number of para-hydroxylation sites is 1. The first-order valence-corrected chi connectivity index (χ1v) is 8.49. The molecule has 0 bridgehead atoms. The van der Waals surface area contributed by atoms with Gasteiger partial charge in [0.2, 0.25) is 5.95 Å². The topological polar surface area (TPSA) is 84.9 Å². The number of rotatable bonds is 4. The fourth-order valence-electron chi connectivity index (χ4n) is 3.20. The number of nitrogen functional groups attached to an aromatic ring is 1. The first-order valence-electron chi connectivity index (χ1n) is 8.49. The summed E-state index contributed by atoms with van der Waals surface area (Å²) in [6.07, 6.45) is 5.81. The van der Waals surface area contributed by atoms with E-state index >= 15 is 0 Å². The molecule has 1 aliphatic rings. The molecule has 3 aromatic rings. The van der Waals surface area contributed by atoms with E-state index in [1.165, 1.54) is 0 Å². The summed E-state index contributed by atoms with van der Waals surface area (Å²) in [4.78, 5) is 11.0. The van der Waals surface area contributed by atoms with E-state index in [0.717, 1.165) is 37.4 Å². The summed E-state index contributed by atoms with van der Waals surface area (Å²) in [6.45, 7) is 1.84. The minimum Gasteiger partial charge on any atom is -0.381 e. The number of nitrogens with two attached hydrogens (primary N) is 1. The van der Waals surface area contributed by atoms with Crippen LogP contribution in [-0.2, 0) is 0 Å². The van der Waals surface area contributed by atoms with E-state index in [1.807, 2.05) is 36.5 Å². The summed E-state index contributed by atoms with van der Waals surface area (Å²) in [5, 5.41) is 7.83. The number of nitrogens with one attached hydrogen (secondary N) is 1. The first kappa shape index (κ1) is 15.4. The second kappa shape index (κ2) is 6.80. The minimum absolute atomic E-state index is 0.265. The summed E-state index contributed by atoms with van der Waals surface area (Å²) >= 11 is 0. The molecule has 0 amide bonds. The highest BCUT2D eigenvalue weighted by Crippen LogP contribution is 2.22. The predicted octanol–water partition coefficient (Wildman–Crippen LogP) is 2.33. The maximum Gasteiger partial charge on any atom is 0.224 e. The van der Waals surface area contributed by atoms with Gasteiger partial charge in [-0.2, -0.15) is 15.1 Å². The van der Waals surface area contributed by atoms with Crippen molar-refractivity contribution >= 4 is 17.5 Å². The fraction of sp³-hybridized carbons (Fsp3) is 0.278. The zero-order valence-electron chi connectivity index (χ0n) is 13.9. The summed E-state index contributed by atoms with van der Waals surface area (Å²) in [5.74, 6) is 1.80. The molecule has 1 unspecified atom stereocenters. The van der Waals surface area contributed by atoms with Crippen LogP contribution in [0.5, 0.6) is 0 Å². The molecule has 7 heteroatoms. The number of aromatic nitrogens is 4. The van der Waals surface area contributed by atoms with Gasteiger partial charge in [-0.25, -0.2) is 4.68 Å². The highest BCUT2D eigenvalue weighted by Gasteiger charge is 2.22. The molecule has 7 nitrogen and oxygen atoms in total. The average Bonchev–Trinajstić information content (AvgIpc) is 3.17. The molecule has 4 rings (SSSR count). The third kappa shape index (κ3) is 3.55. The maximum absolute atomic E-state index is 5.92. The van der Waals surface area contributed by atoms with Crippen molar-refractivity contribution in [3.63, 3.8) is 0 Å². The number of hydrogen-bond donors (Lipinski definition) is 2. The molecular formula is C18H21N7. The molecule has 3 heterocycles. The smallest absolute Gasteiger partial charge is 0.224 e. The molecule has 0 radical (unpaired) electrons. The Labute approximate surface area is 146 Å². The first-order chi connectivity index (χ1) is 12.3. The van der Waals surface area contributed by atoms with Gasteiger partial charge in [0.15, 0.2) is 5.82 Å². The summed E-state index contributed by atoms with van der Waals surface area (Å²) in [5.41, 5.74) is 7.07. The van der Waals surface area contributed by atoms with Gasteiger partial charge in [0.25, 0.3) is 0 Å². The van der Waals surface area contributed by atoms with Gasteiger partial charge in [0.05, 0.1) is 0 Å². The molecule has 128 valence electrons. The Balaban J connectivity index is 1.53. The quantitative estimate of drug-likeness (QED) is 0.761. The number of piperidine rings is 1. The van der Waals surface area contributed by atoms with Crippen LogP contribution in [0.25, 0.3) is 5.82 Å². The normalized spacial score (nSPS) is 17.4. The molecule has 25 heavy (non-hydrogen) atoms. The number of hydrogen-bond acceptors (Lipinski definition) is 6. The second-order valence-electron chi connectivity index (χ2n) is 6.19.